The van der Waals surface area contributed by atoms with Gasteiger partial charge in [0.05, 0.1) is 5.03 Å². The van der Waals surface area contributed by atoms with Crippen LogP contribution in [0.3, 0.4) is 0 Å². The lowest BCUT2D eigenvalue weighted by Gasteiger charge is -1.90. The molecule has 0 aromatic heterocycles. The molecule has 1 rings (SSSR count). The van der Waals surface area contributed by atoms with Crippen molar-refractivity contribution in [1.29, 1.82) is 0 Å². The fourth-order valence-corrected chi connectivity index (χ4v) is 0.583. The fourth-order valence-electron chi connectivity index (χ4n) is 0.346. The van der Waals surface area contributed by atoms with Crippen LogP contribution < -0.4 is 0 Å². The largest absolute Gasteiger partial charge is 0.432 e. The van der Waals surface area contributed by atoms with E-state index in [1.54, 1.807) is 0 Å². The van der Waals surface area contributed by atoms with Crippen molar-refractivity contribution in [2.24, 2.45) is 0 Å². The summed E-state index contributed by atoms with van der Waals surface area (Å²) >= 11 is 10.7. The number of ether oxygens (including phenoxy) is 1. The van der Waals surface area contributed by atoms with E-state index in [2.05, 4.69) is 4.74 Å². The lowest BCUT2D eigenvalue weighted by molar-refractivity contribution is -0.135. The van der Waals surface area contributed by atoms with Crippen LogP contribution in [0.4, 0.5) is 0 Å². The Morgan fingerprint density at radius 1 is 1.75 bits per heavy atom. The quantitative estimate of drug-likeness (QED) is 0.386. The summed E-state index contributed by atoms with van der Waals surface area (Å²) in [6.07, 6.45) is 1.14. The van der Waals surface area contributed by atoms with Gasteiger partial charge < -0.3 is 4.74 Å². The molecule has 1 unspecified atom stereocenters. The van der Waals surface area contributed by atoms with Gasteiger partial charge in [0.15, 0.2) is 5.38 Å². The molecule has 0 N–H and O–H groups in total. The minimum Gasteiger partial charge on any atom is -0.432 e. The summed E-state index contributed by atoms with van der Waals surface area (Å²) in [4.78, 5) is 10.3. The highest BCUT2D eigenvalue weighted by atomic mass is 35.5. The van der Waals surface area contributed by atoms with Gasteiger partial charge in [-0.05, 0) is 0 Å². The van der Waals surface area contributed by atoms with E-state index in [1.807, 2.05) is 0 Å². The average molecular weight is 153 g/mol. The number of esters is 1. The Morgan fingerprint density at radius 2 is 2.38 bits per heavy atom. The first kappa shape index (κ1) is 5.92. The number of halogens is 2. The third-order valence-electron chi connectivity index (χ3n) is 0.737. The fraction of sp³-hybridized carbons (Fsp3) is 0.250. The predicted octanol–water partition coefficient (Wildman–Crippen LogP) is 1.23. The second-order valence-electron chi connectivity index (χ2n) is 1.30. The number of rotatable bonds is 0. The molecule has 44 valence electrons. The third-order valence-corrected chi connectivity index (χ3v) is 1.57. The molecular formula is C4H2Cl2O2. The van der Waals surface area contributed by atoms with E-state index in [4.69, 9.17) is 23.2 Å². The maximum Gasteiger partial charge on any atom is 0.334 e. The van der Waals surface area contributed by atoms with E-state index >= 15 is 0 Å². The molecule has 0 saturated carbocycles. The van der Waals surface area contributed by atoms with Crippen LogP contribution in [-0.2, 0) is 9.53 Å². The van der Waals surface area contributed by atoms with Crippen LogP contribution >= 0.6 is 23.2 Å². The number of alkyl halides is 1. The van der Waals surface area contributed by atoms with Crippen LogP contribution in [-0.4, -0.2) is 11.3 Å². The SMILES string of the molecule is O=C1OC=C(Cl)C1Cl. The lowest BCUT2D eigenvalue weighted by atomic mass is 10.4. The van der Waals surface area contributed by atoms with Crippen LogP contribution in [0.2, 0.25) is 0 Å². The Hall–Kier alpha value is -0.210. The molecular weight excluding hydrogens is 151 g/mol. The van der Waals surface area contributed by atoms with E-state index in [0.29, 0.717) is 0 Å². The summed E-state index contributed by atoms with van der Waals surface area (Å²) in [6.45, 7) is 0. The molecule has 0 aromatic rings. The Kier molecular flexibility index (Phi) is 1.45. The summed E-state index contributed by atoms with van der Waals surface area (Å²) in [6, 6.07) is 0. The van der Waals surface area contributed by atoms with Crippen molar-refractivity contribution >= 4 is 29.2 Å². The second-order valence-corrected chi connectivity index (χ2v) is 2.18. The molecule has 1 heterocycles. The molecule has 8 heavy (non-hydrogen) atoms. The maximum atomic E-state index is 10.3. The number of cyclic esters (lactones) is 1. The Morgan fingerprint density at radius 3 is 2.50 bits per heavy atom. The highest BCUT2D eigenvalue weighted by Crippen LogP contribution is 2.21. The number of hydrogen-bond donors (Lipinski definition) is 0. The van der Waals surface area contributed by atoms with Gasteiger partial charge in [-0.15, -0.1) is 11.6 Å². The first-order valence-corrected chi connectivity index (χ1v) is 2.73. The molecule has 0 radical (unpaired) electrons. The molecule has 0 saturated heterocycles. The van der Waals surface area contributed by atoms with Crippen molar-refractivity contribution in [1.82, 2.24) is 0 Å². The second kappa shape index (κ2) is 1.96. The molecule has 0 amide bonds. The highest BCUT2D eigenvalue weighted by molar-refractivity contribution is 6.43. The van der Waals surface area contributed by atoms with Crippen molar-refractivity contribution in [3.8, 4) is 0 Å². The zero-order valence-corrected chi connectivity index (χ0v) is 5.24. The zero-order chi connectivity index (χ0) is 6.15. The molecule has 4 heteroatoms. The molecule has 2 nitrogen and oxygen atoms in total. The molecule has 0 spiro atoms. The minimum atomic E-state index is -0.781. The predicted molar refractivity (Wildman–Crippen MR) is 29.7 cm³/mol. The van der Waals surface area contributed by atoms with Crippen LogP contribution in [0.1, 0.15) is 0 Å². The van der Waals surface area contributed by atoms with Crippen molar-refractivity contribution in [3.63, 3.8) is 0 Å². The van der Waals surface area contributed by atoms with Crippen molar-refractivity contribution in [3.05, 3.63) is 11.3 Å². The van der Waals surface area contributed by atoms with Crippen molar-refractivity contribution in [2.75, 3.05) is 0 Å². The standard InChI is InChI=1S/C4H2Cl2O2/c5-2-1-8-4(7)3(2)6/h1,3H. The smallest absolute Gasteiger partial charge is 0.334 e. The summed E-state index contributed by atoms with van der Waals surface area (Å²) in [7, 11) is 0. The van der Waals surface area contributed by atoms with E-state index in [0.717, 1.165) is 6.26 Å². The summed E-state index contributed by atoms with van der Waals surface area (Å²) in [5.74, 6) is -0.503. The Balaban J connectivity index is 2.72. The van der Waals surface area contributed by atoms with Gasteiger partial charge in [0.1, 0.15) is 6.26 Å². The van der Waals surface area contributed by atoms with Gasteiger partial charge in [0.25, 0.3) is 0 Å². The van der Waals surface area contributed by atoms with Crippen molar-refractivity contribution in [2.45, 2.75) is 5.38 Å². The summed E-state index contributed by atoms with van der Waals surface area (Å²) in [5.41, 5.74) is 0. The van der Waals surface area contributed by atoms with E-state index in [1.165, 1.54) is 0 Å². The zero-order valence-electron chi connectivity index (χ0n) is 3.73. The van der Waals surface area contributed by atoms with Crippen LogP contribution in [0.25, 0.3) is 0 Å². The van der Waals surface area contributed by atoms with Gasteiger partial charge >= 0.3 is 5.97 Å². The first-order valence-electron chi connectivity index (χ1n) is 1.92. The van der Waals surface area contributed by atoms with Gasteiger partial charge in [-0.1, -0.05) is 11.6 Å². The normalized spacial score (nSPS) is 27.5. The molecule has 1 aliphatic heterocycles. The van der Waals surface area contributed by atoms with E-state index in [9.17, 15) is 4.79 Å². The summed E-state index contributed by atoms with van der Waals surface area (Å²) in [5, 5.41) is -0.534. The van der Waals surface area contributed by atoms with Gasteiger partial charge in [0.2, 0.25) is 0 Å². The van der Waals surface area contributed by atoms with Gasteiger partial charge in [0, 0.05) is 0 Å². The highest BCUT2D eigenvalue weighted by Gasteiger charge is 2.25. The lowest BCUT2D eigenvalue weighted by Crippen LogP contribution is -2.07. The molecule has 0 bridgehead atoms. The molecule has 0 aromatic carbocycles. The Bertz CT molecular complexity index is 152. The maximum absolute atomic E-state index is 10.3. The topological polar surface area (TPSA) is 26.3 Å². The minimum absolute atomic E-state index is 0.247. The van der Waals surface area contributed by atoms with E-state index in [-0.39, 0.29) is 5.03 Å². The molecule has 0 fully saturated rings. The van der Waals surface area contributed by atoms with Gasteiger partial charge in [-0.3, -0.25) is 0 Å². The van der Waals surface area contributed by atoms with Crippen LogP contribution in [0.5, 0.6) is 0 Å². The number of carbonyl (C=O) groups excluding carboxylic acids is 1. The molecule has 1 aliphatic rings. The van der Waals surface area contributed by atoms with Gasteiger partial charge in [-0.25, -0.2) is 4.79 Å². The van der Waals surface area contributed by atoms with Crippen LogP contribution in [0, 0.1) is 0 Å². The Labute approximate surface area is 56.0 Å². The van der Waals surface area contributed by atoms with Gasteiger partial charge in [-0.2, -0.15) is 0 Å². The summed E-state index contributed by atoms with van der Waals surface area (Å²) < 4.78 is 4.31. The first-order chi connectivity index (χ1) is 3.72. The van der Waals surface area contributed by atoms with Crippen LogP contribution in [0.15, 0.2) is 11.3 Å². The number of carbonyl (C=O) groups is 1. The van der Waals surface area contributed by atoms with E-state index < -0.39 is 11.3 Å². The molecule has 0 aliphatic carbocycles. The third kappa shape index (κ3) is 0.812. The number of hydrogen-bond acceptors (Lipinski definition) is 2. The van der Waals surface area contributed by atoms with Crippen molar-refractivity contribution < 1.29 is 9.53 Å². The monoisotopic (exact) mass is 152 g/mol. The average Bonchev–Trinajstić information content (AvgIpc) is 1.98. The molecule has 1 atom stereocenters.